The number of carbonyl (C=O) groups excluding carboxylic acids is 1. The van der Waals surface area contributed by atoms with Crippen molar-refractivity contribution in [3.05, 3.63) is 64.1 Å². The van der Waals surface area contributed by atoms with E-state index in [0.29, 0.717) is 33.8 Å². The van der Waals surface area contributed by atoms with Crippen LogP contribution in [0.4, 0.5) is 5.82 Å². The second-order valence-corrected chi connectivity index (χ2v) is 7.05. The van der Waals surface area contributed by atoms with Crippen molar-refractivity contribution < 1.29 is 9.53 Å². The molecule has 1 amide bonds. The summed E-state index contributed by atoms with van der Waals surface area (Å²) < 4.78 is 5.68. The van der Waals surface area contributed by atoms with Crippen molar-refractivity contribution >= 4 is 33.4 Å². The first kappa shape index (κ1) is 17.8. The first-order chi connectivity index (χ1) is 14.5. The molecule has 2 aromatic heterocycles. The molecule has 0 fully saturated rings. The van der Waals surface area contributed by atoms with Crippen LogP contribution in [0.25, 0.3) is 32.8 Å². The monoisotopic (exact) mass is 396 g/mol. The number of nitrogens with two attached hydrogens (primary N) is 2. The minimum absolute atomic E-state index is 0.272. The van der Waals surface area contributed by atoms with Gasteiger partial charge in [-0.2, -0.15) is 0 Å². The van der Waals surface area contributed by atoms with Gasteiger partial charge >= 0.3 is 0 Å². The molecular weight excluding hydrogens is 380 g/mol. The van der Waals surface area contributed by atoms with Crippen LogP contribution in [0, 0.1) is 11.8 Å². The molecule has 5 N–H and O–H groups in total. The molecule has 1 aliphatic heterocycles. The summed E-state index contributed by atoms with van der Waals surface area (Å²) in [5.41, 5.74) is 14.8. The molecule has 0 radical (unpaired) electrons. The van der Waals surface area contributed by atoms with E-state index in [1.54, 1.807) is 0 Å². The third-order valence-corrected chi connectivity index (χ3v) is 5.21. The van der Waals surface area contributed by atoms with Gasteiger partial charge < -0.3 is 21.2 Å². The molecule has 7 heteroatoms. The maximum Gasteiger partial charge on any atom is 0.293 e. The zero-order valence-corrected chi connectivity index (χ0v) is 15.8. The predicted octanol–water partition coefficient (Wildman–Crippen LogP) is 2.10. The maximum atomic E-state index is 12.7. The Morgan fingerprint density at radius 2 is 1.93 bits per heavy atom. The second-order valence-electron chi connectivity index (χ2n) is 7.05. The topological polar surface area (TPSA) is 124 Å². The van der Waals surface area contributed by atoms with Crippen molar-refractivity contribution in [1.82, 2.24) is 9.97 Å². The fraction of sp³-hybridized carbons (Fsp3) is 0.0870. The Labute approximate surface area is 170 Å². The first-order valence-corrected chi connectivity index (χ1v) is 9.33. The van der Waals surface area contributed by atoms with Crippen molar-refractivity contribution in [2.75, 3.05) is 12.3 Å². The van der Waals surface area contributed by atoms with Crippen LogP contribution in [-0.2, 0) is 11.2 Å². The highest BCUT2D eigenvalue weighted by Gasteiger charge is 2.16. The number of nitrogens with one attached hydrogen (secondary N) is 1. The van der Waals surface area contributed by atoms with Crippen LogP contribution in [0.15, 0.2) is 47.4 Å². The molecule has 0 atom stereocenters. The molecule has 0 unspecified atom stereocenters. The van der Waals surface area contributed by atoms with E-state index < -0.39 is 5.91 Å². The minimum Gasteiger partial charge on any atom is -0.493 e. The van der Waals surface area contributed by atoms with Crippen molar-refractivity contribution in [3.8, 4) is 28.7 Å². The quantitative estimate of drug-likeness (QED) is 0.336. The molecule has 4 aromatic rings. The number of ether oxygens (including phenoxy) is 1. The number of carbonyl (C=O) groups is 1. The van der Waals surface area contributed by atoms with Gasteiger partial charge in [-0.05, 0) is 28.8 Å². The Kier molecular flexibility index (Phi) is 3.93. The Balaban J connectivity index is 1.80. The zero-order valence-electron chi connectivity index (χ0n) is 15.8. The van der Waals surface area contributed by atoms with E-state index in [1.165, 1.54) is 11.8 Å². The molecule has 3 heterocycles. The number of nitrogens with zero attached hydrogens (tertiary/aromatic N) is 1. The largest absolute Gasteiger partial charge is 0.493 e. The lowest BCUT2D eigenvalue weighted by Gasteiger charge is -2.10. The van der Waals surface area contributed by atoms with Crippen LogP contribution in [0.5, 0.6) is 5.75 Å². The number of hydrogen-bond donors (Lipinski definition) is 3. The Morgan fingerprint density at radius 1 is 1.13 bits per heavy atom. The van der Waals surface area contributed by atoms with E-state index in [1.807, 2.05) is 30.3 Å². The smallest absolute Gasteiger partial charge is 0.293 e. The average molecular weight is 396 g/mol. The lowest BCUT2D eigenvalue weighted by molar-refractivity contribution is -0.112. The number of benzene rings is 2. The van der Waals surface area contributed by atoms with Crippen molar-refractivity contribution in [2.45, 2.75) is 6.42 Å². The van der Waals surface area contributed by atoms with E-state index in [4.69, 9.17) is 16.2 Å². The molecule has 0 saturated carbocycles. The summed E-state index contributed by atoms with van der Waals surface area (Å²) in [4.78, 5) is 30.8. The summed E-state index contributed by atoms with van der Waals surface area (Å²) in [6.45, 7) is 0.688. The van der Waals surface area contributed by atoms with Gasteiger partial charge in [-0.25, -0.2) is 4.98 Å². The number of primary amides is 1. The Hall–Kier alpha value is -4.31. The number of H-pyrrole nitrogens is 1. The fourth-order valence-corrected chi connectivity index (χ4v) is 3.79. The number of hydrogen-bond acceptors (Lipinski definition) is 5. The van der Waals surface area contributed by atoms with E-state index in [9.17, 15) is 9.59 Å². The molecule has 5 rings (SSSR count). The summed E-state index contributed by atoms with van der Waals surface area (Å²) in [6, 6.07) is 11.8. The summed E-state index contributed by atoms with van der Waals surface area (Å²) in [7, 11) is 0. The standard InChI is InChI=1S/C23H16N4O3/c24-19(28)6-4-15-11-26-23(29)20-17-9-13(3-5-16(17)22(25)27-21(15)20)14-2-1-12-7-8-30-18(12)10-14/h1-3,5,9-11H,7-8H2,(H2,24,28)(H2,25,27)(H,26,29). The normalized spacial score (nSPS) is 12.3. The highest BCUT2D eigenvalue weighted by molar-refractivity contribution is 6.11. The zero-order chi connectivity index (χ0) is 20.8. The van der Waals surface area contributed by atoms with Gasteiger partial charge in [0.25, 0.3) is 11.5 Å². The third-order valence-electron chi connectivity index (χ3n) is 5.21. The van der Waals surface area contributed by atoms with E-state index >= 15 is 0 Å². The summed E-state index contributed by atoms with van der Waals surface area (Å²) in [6.07, 6.45) is 2.31. The number of anilines is 1. The van der Waals surface area contributed by atoms with Gasteiger partial charge in [0, 0.05) is 29.3 Å². The van der Waals surface area contributed by atoms with Gasteiger partial charge in [0.15, 0.2) is 0 Å². The predicted molar refractivity (Wildman–Crippen MR) is 115 cm³/mol. The number of pyridine rings is 2. The molecular formula is C23H16N4O3. The van der Waals surface area contributed by atoms with Gasteiger partial charge in [-0.1, -0.05) is 30.2 Å². The molecule has 7 nitrogen and oxygen atoms in total. The number of fused-ring (bicyclic) bond motifs is 4. The Bertz CT molecular complexity index is 1490. The van der Waals surface area contributed by atoms with Crippen LogP contribution >= 0.6 is 0 Å². The number of aromatic amines is 1. The number of aromatic nitrogens is 2. The molecule has 0 saturated heterocycles. The molecule has 30 heavy (non-hydrogen) atoms. The highest BCUT2D eigenvalue weighted by Crippen LogP contribution is 2.34. The third kappa shape index (κ3) is 2.83. The minimum atomic E-state index is -0.774. The molecule has 0 spiro atoms. The lowest BCUT2D eigenvalue weighted by Crippen LogP contribution is -2.10. The van der Waals surface area contributed by atoms with Crippen molar-refractivity contribution in [1.29, 1.82) is 0 Å². The average Bonchev–Trinajstić information content (AvgIpc) is 3.20. The van der Waals surface area contributed by atoms with Crippen LogP contribution in [-0.4, -0.2) is 22.5 Å². The summed E-state index contributed by atoms with van der Waals surface area (Å²) >= 11 is 0. The van der Waals surface area contributed by atoms with Crippen LogP contribution < -0.4 is 21.8 Å². The van der Waals surface area contributed by atoms with E-state index in [-0.39, 0.29) is 11.4 Å². The molecule has 1 aliphatic rings. The van der Waals surface area contributed by atoms with Gasteiger partial charge in [0.05, 0.1) is 23.1 Å². The van der Waals surface area contributed by atoms with Gasteiger partial charge in [-0.3, -0.25) is 9.59 Å². The highest BCUT2D eigenvalue weighted by atomic mass is 16.5. The Morgan fingerprint density at radius 3 is 2.77 bits per heavy atom. The van der Waals surface area contributed by atoms with Gasteiger partial charge in [0.1, 0.15) is 11.6 Å². The number of nitrogen functional groups attached to an aromatic ring is 1. The van der Waals surface area contributed by atoms with Crippen LogP contribution in [0.1, 0.15) is 11.1 Å². The number of amides is 1. The molecule has 0 aliphatic carbocycles. The molecule has 0 bridgehead atoms. The lowest BCUT2D eigenvalue weighted by atomic mass is 9.98. The number of rotatable bonds is 1. The van der Waals surface area contributed by atoms with E-state index in [2.05, 4.69) is 27.9 Å². The van der Waals surface area contributed by atoms with Crippen molar-refractivity contribution in [2.24, 2.45) is 5.73 Å². The molecule has 2 aromatic carbocycles. The van der Waals surface area contributed by atoms with Crippen molar-refractivity contribution in [3.63, 3.8) is 0 Å². The van der Waals surface area contributed by atoms with Gasteiger partial charge in [0.2, 0.25) is 0 Å². The maximum absolute atomic E-state index is 12.7. The summed E-state index contributed by atoms with van der Waals surface area (Å²) in [5, 5.41) is 1.67. The van der Waals surface area contributed by atoms with E-state index in [0.717, 1.165) is 23.3 Å². The van der Waals surface area contributed by atoms with Crippen LogP contribution in [0.2, 0.25) is 0 Å². The van der Waals surface area contributed by atoms with Gasteiger partial charge in [-0.15, -0.1) is 0 Å². The van der Waals surface area contributed by atoms with Crippen LogP contribution in [0.3, 0.4) is 0 Å². The second kappa shape index (κ2) is 6.64. The SMILES string of the molecule is NC(=O)C#Cc1c[nH]c(=O)c2c1nc(N)c1ccc(-c3ccc4c(c3)OCC4)cc12. The first-order valence-electron chi connectivity index (χ1n) is 9.33. The molecule has 146 valence electrons. The summed E-state index contributed by atoms with van der Waals surface area (Å²) in [5.74, 6) is 5.31. The fourth-order valence-electron chi connectivity index (χ4n) is 3.79.